The molecule has 0 fully saturated rings. The summed E-state index contributed by atoms with van der Waals surface area (Å²) in [6.45, 7) is 0.594. The predicted octanol–water partition coefficient (Wildman–Crippen LogP) is 7.45. The first-order chi connectivity index (χ1) is 17.2. The smallest absolute Gasteiger partial charge is 0.265 e. The number of benzene rings is 5. The molecule has 1 aliphatic rings. The van der Waals surface area contributed by atoms with Gasteiger partial charge in [0.25, 0.3) is 5.70 Å². The van der Waals surface area contributed by atoms with Gasteiger partial charge in [-0.1, -0.05) is 115 Å². The Morgan fingerprint density at radius 2 is 1.20 bits per heavy atom. The van der Waals surface area contributed by atoms with Crippen LogP contribution in [0.1, 0.15) is 28.8 Å². The van der Waals surface area contributed by atoms with E-state index < -0.39 is 6.04 Å². The largest absolute Gasteiger partial charge is 0.272 e. The number of nitrogens with zero attached hydrogens (tertiary/aromatic N) is 2. The van der Waals surface area contributed by atoms with Gasteiger partial charge in [-0.15, -0.1) is 0 Å². The lowest BCUT2D eigenvalue weighted by Gasteiger charge is -2.31. The van der Waals surface area contributed by atoms with Crippen molar-refractivity contribution >= 4 is 21.5 Å². The molecule has 0 saturated heterocycles. The molecule has 0 aliphatic carbocycles. The van der Waals surface area contributed by atoms with Gasteiger partial charge in [-0.3, -0.25) is 15.0 Å². The van der Waals surface area contributed by atoms with Crippen molar-refractivity contribution in [1.29, 1.82) is 0 Å². The normalized spacial score (nSPS) is 18.1. The van der Waals surface area contributed by atoms with Crippen LogP contribution in [0.15, 0.2) is 127 Å². The first-order valence-corrected chi connectivity index (χ1v) is 11.8. The van der Waals surface area contributed by atoms with Crippen molar-refractivity contribution in [3.8, 4) is 0 Å². The zero-order valence-corrected chi connectivity index (χ0v) is 19.1. The van der Waals surface area contributed by atoms with Crippen LogP contribution in [0.4, 0.5) is 0 Å². The summed E-state index contributed by atoms with van der Waals surface area (Å²) >= 11 is 0. The summed E-state index contributed by atoms with van der Waals surface area (Å²) in [7, 11) is 0. The van der Waals surface area contributed by atoms with Gasteiger partial charge >= 0.3 is 0 Å². The zero-order chi connectivity index (χ0) is 23.8. The molecule has 0 amide bonds. The highest BCUT2D eigenvalue weighted by atomic mass is 16.6. The standard InChI is InChI=1S/C31H24N2O2/c34-33(35)30-20-29(27-18-8-14-23-12-4-6-16-25(23)27)32(21-22-10-2-1-3-11-22)31(30)28-19-9-15-24-13-5-7-17-26(24)28/h1-20,29,31H,21H2/t29-,31+/m0/s1. The van der Waals surface area contributed by atoms with Crippen molar-refractivity contribution in [2.75, 3.05) is 0 Å². The third-order valence-corrected chi connectivity index (χ3v) is 6.98. The third kappa shape index (κ3) is 3.78. The van der Waals surface area contributed by atoms with Gasteiger partial charge in [-0.05, 0) is 38.2 Å². The van der Waals surface area contributed by atoms with Gasteiger partial charge in [0.15, 0.2) is 0 Å². The highest BCUT2D eigenvalue weighted by Crippen LogP contribution is 2.47. The van der Waals surface area contributed by atoms with Gasteiger partial charge in [-0.25, -0.2) is 0 Å². The topological polar surface area (TPSA) is 46.4 Å². The Bertz CT molecular complexity index is 1560. The van der Waals surface area contributed by atoms with Crippen molar-refractivity contribution in [3.63, 3.8) is 0 Å². The van der Waals surface area contributed by atoms with Crippen LogP contribution >= 0.6 is 0 Å². The van der Waals surface area contributed by atoms with Gasteiger partial charge in [0, 0.05) is 12.6 Å². The first kappa shape index (κ1) is 21.3. The third-order valence-electron chi connectivity index (χ3n) is 6.98. The van der Waals surface area contributed by atoms with Crippen LogP contribution in [0.2, 0.25) is 0 Å². The fraction of sp³-hybridized carbons (Fsp3) is 0.0968. The monoisotopic (exact) mass is 456 g/mol. The van der Waals surface area contributed by atoms with E-state index in [2.05, 4.69) is 59.5 Å². The van der Waals surface area contributed by atoms with Crippen LogP contribution < -0.4 is 0 Å². The second-order valence-corrected chi connectivity index (χ2v) is 8.99. The fourth-order valence-electron chi connectivity index (χ4n) is 5.43. The molecule has 0 unspecified atom stereocenters. The molecule has 1 aliphatic heterocycles. The molecule has 5 aromatic rings. The zero-order valence-electron chi connectivity index (χ0n) is 19.1. The molecule has 0 bridgehead atoms. The van der Waals surface area contributed by atoms with Crippen LogP contribution in [-0.4, -0.2) is 9.82 Å². The molecule has 0 saturated carbocycles. The molecule has 2 atom stereocenters. The van der Waals surface area contributed by atoms with E-state index in [0.29, 0.717) is 6.54 Å². The van der Waals surface area contributed by atoms with Gasteiger partial charge in [-0.2, -0.15) is 0 Å². The lowest BCUT2D eigenvalue weighted by atomic mass is 9.96. The second kappa shape index (κ2) is 8.82. The first-order valence-electron chi connectivity index (χ1n) is 11.8. The Morgan fingerprint density at radius 3 is 1.86 bits per heavy atom. The fourth-order valence-corrected chi connectivity index (χ4v) is 5.43. The van der Waals surface area contributed by atoms with Crippen LogP contribution in [0.25, 0.3) is 21.5 Å². The minimum absolute atomic E-state index is 0.199. The summed E-state index contributed by atoms with van der Waals surface area (Å²) < 4.78 is 0. The quantitative estimate of drug-likeness (QED) is 0.204. The number of fused-ring (bicyclic) bond motifs is 2. The number of hydrogen-bond donors (Lipinski definition) is 0. The van der Waals surface area contributed by atoms with E-state index in [0.717, 1.165) is 38.2 Å². The average Bonchev–Trinajstić information content (AvgIpc) is 3.27. The Morgan fingerprint density at radius 1 is 0.657 bits per heavy atom. The summed E-state index contributed by atoms with van der Waals surface area (Å²) in [6.07, 6.45) is 1.86. The van der Waals surface area contributed by atoms with Crippen LogP contribution in [0, 0.1) is 10.1 Å². The number of rotatable bonds is 5. The molecule has 5 aromatic carbocycles. The van der Waals surface area contributed by atoms with Crippen molar-refractivity contribution in [3.05, 3.63) is 154 Å². The van der Waals surface area contributed by atoms with E-state index in [9.17, 15) is 10.1 Å². The predicted molar refractivity (Wildman–Crippen MR) is 140 cm³/mol. The molecule has 170 valence electrons. The van der Waals surface area contributed by atoms with Crippen molar-refractivity contribution < 1.29 is 4.92 Å². The minimum atomic E-state index is -0.472. The van der Waals surface area contributed by atoms with E-state index in [1.807, 2.05) is 66.7 Å². The van der Waals surface area contributed by atoms with Gasteiger partial charge in [0.05, 0.1) is 11.0 Å². The van der Waals surface area contributed by atoms with Crippen LogP contribution in [0.3, 0.4) is 0 Å². The summed E-state index contributed by atoms with van der Waals surface area (Å²) in [5, 5.41) is 16.9. The van der Waals surface area contributed by atoms with Gasteiger partial charge in [0.2, 0.25) is 0 Å². The summed E-state index contributed by atoms with van der Waals surface area (Å²) in [5.41, 5.74) is 3.40. The van der Waals surface area contributed by atoms with E-state index in [1.165, 1.54) is 0 Å². The highest BCUT2D eigenvalue weighted by Gasteiger charge is 2.44. The summed E-state index contributed by atoms with van der Waals surface area (Å²) in [5.74, 6) is 0. The second-order valence-electron chi connectivity index (χ2n) is 8.99. The summed E-state index contributed by atoms with van der Waals surface area (Å²) in [4.78, 5) is 14.5. The molecule has 0 spiro atoms. The maximum absolute atomic E-state index is 12.5. The lowest BCUT2D eigenvalue weighted by Crippen LogP contribution is -2.29. The Kier molecular flexibility index (Phi) is 5.36. The Labute approximate surface area is 203 Å². The van der Waals surface area contributed by atoms with Crippen molar-refractivity contribution in [1.82, 2.24) is 4.90 Å². The number of hydrogen-bond acceptors (Lipinski definition) is 3. The van der Waals surface area contributed by atoms with E-state index in [1.54, 1.807) is 0 Å². The molecule has 6 rings (SSSR count). The molecule has 0 N–H and O–H groups in total. The molecule has 0 aromatic heterocycles. The molecule has 0 radical (unpaired) electrons. The lowest BCUT2D eigenvalue weighted by molar-refractivity contribution is -0.431. The summed E-state index contributed by atoms with van der Waals surface area (Å²) in [6, 6.07) is 38.2. The van der Waals surface area contributed by atoms with E-state index in [4.69, 9.17) is 0 Å². The van der Waals surface area contributed by atoms with Gasteiger partial charge in [0.1, 0.15) is 6.04 Å². The molecular formula is C31H24N2O2. The molecule has 35 heavy (non-hydrogen) atoms. The van der Waals surface area contributed by atoms with E-state index >= 15 is 0 Å². The van der Waals surface area contributed by atoms with Crippen molar-refractivity contribution in [2.45, 2.75) is 18.6 Å². The molecular weight excluding hydrogens is 432 g/mol. The SMILES string of the molecule is O=[N+]([O-])C1=C[C@@H](c2cccc3ccccc23)N(Cc2ccccc2)[C@@H]1c1cccc2ccccc12. The Hall–Kier alpha value is -4.28. The molecule has 4 heteroatoms. The van der Waals surface area contributed by atoms with Gasteiger partial charge < -0.3 is 0 Å². The molecule has 4 nitrogen and oxygen atoms in total. The highest BCUT2D eigenvalue weighted by molar-refractivity contribution is 5.88. The maximum atomic E-state index is 12.5. The minimum Gasteiger partial charge on any atom is -0.272 e. The molecule has 1 heterocycles. The van der Waals surface area contributed by atoms with Crippen molar-refractivity contribution in [2.24, 2.45) is 0 Å². The van der Waals surface area contributed by atoms with E-state index in [-0.39, 0.29) is 16.7 Å². The average molecular weight is 457 g/mol. The maximum Gasteiger partial charge on any atom is 0.265 e. The van der Waals surface area contributed by atoms with Crippen LogP contribution in [-0.2, 0) is 6.54 Å². The Balaban J connectivity index is 1.58. The number of nitro groups is 1. The van der Waals surface area contributed by atoms with Crippen LogP contribution in [0.5, 0.6) is 0 Å².